The average Bonchev–Trinajstić information content (AvgIpc) is 3.33. The van der Waals surface area contributed by atoms with E-state index >= 15 is 0 Å². The zero-order chi connectivity index (χ0) is 18.6. The molecule has 0 unspecified atom stereocenters. The molecule has 0 radical (unpaired) electrons. The SMILES string of the molecule is CC(=O)Nc1ccc(-c2c(-c3ccccc3)ncn2Cc2ccco2)cc1. The van der Waals surface area contributed by atoms with Crippen LogP contribution in [0.25, 0.3) is 22.5 Å². The molecule has 0 aliphatic rings. The van der Waals surface area contributed by atoms with Gasteiger partial charge in [0.25, 0.3) is 0 Å². The van der Waals surface area contributed by atoms with Crippen LogP contribution in [0.4, 0.5) is 5.69 Å². The summed E-state index contributed by atoms with van der Waals surface area (Å²) in [5, 5.41) is 2.80. The Morgan fingerprint density at radius 1 is 1.00 bits per heavy atom. The minimum absolute atomic E-state index is 0.0874. The Hall–Kier alpha value is -3.60. The molecule has 4 aromatic rings. The lowest BCUT2D eigenvalue weighted by molar-refractivity contribution is -0.114. The lowest BCUT2D eigenvalue weighted by atomic mass is 10.0. The summed E-state index contributed by atoms with van der Waals surface area (Å²) >= 11 is 0. The highest BCUT2D eigenvalue weighted by atomic mass is 16.3. The molecule has 27 heavy (non-hydrogen) atoms. The third-order valence-electron chi connectivity index (χ3n) is 4.27. The molecule has 5 nitrogen and oxygen atoms in total. The van der Waals surface area contributed by atoms with Crippen molar-refractivity contribution in [3.8, 4) is 22.5 Å². The summed E-state index contributed by atoms with van der Waals surface area (Å²) in [5.74, 6) is 0.777. The van der Waals surface area contributed by atoms with Crippen LogP contribution in [0.3, 0.4) is 0 Å². The summed E-state index contributed by atoms with van der Waals surface area (Å²) in [5.41, 5.74) is 4.76. The molecule has 2 aromatic carbocycles. The Morgan fingerprint density at radius 2 is 1.78 bits per heavy atom. The van der Waals surface area contributed by atoms with E-state index in [0.717, 1.165) is 34.0 Å². The molecule has 2 heterocycles. The first kappa shape index (κ1) is 16.8. The fraction of sp³-hybridized carbons (Fsp3) is 0.0909. The number of anilines is 1. The maximum Gasteiger partial charge on any atom is 0.221 e. The third kappa shape index (κ3) is 3.67. The van der Waals surface area contributed by atoms with E-state index in [0.29, 0.717) is 6.54 Å². The number of rotatable bonds is 5. The molecule has 5 heteroatoms. The minimum atomic E-state index is -0.0874. The third-order valence-corrected chi connectivity index (χ3v) is 4.27. The van der Waals surface area contributed by atoms with Gasteiger partial charge in [-0.2, -0.15) is 0 Å². The van der Waals surface area contributed by atoms with E-state index in [1.165, 1.54) is 6.92 Å². The van der Waals surface area contributed by atoms with Crippen LogP contribution in [-0.4, -0.2) is 15.5 Å². The van der Waals surface area contributed by atoms with Crippen molar-refractivity contribution in [1.82, 2.24) is 9.55 Å². The van der Waals surface area contributed by atoms with Crippen LogP contribution in [0, 0.1) is 0 Å². The van der Waals surface area contributed by atoms with Gasteiger partial charge in [0, 0.05) is 23.7 Å². The van der Waals surface area contributed by atoms with Gasteiger partial charge in [-0.1, -0.05) is 42.5 Å². The Kier molecular flexibility index (Phi) is 4.58. The number of nitrogens with zero attached hydrogens (tertiary/aromatic N) is 2. The van der Waals surface area contributed by atoms with E-state index in [1.807, 2.05) is 60.9 Å². The fourth-order valence-corrected chi connectivity index (χ4v) is 3.10. The molecule has 0 saturated carbocycles. The predicted molar refractivity (Wildman–Crippen MR) is 105 cm³/mol. The fourth-order valence-electron chi connectivity index (χ4n) is 3.10. The first-order chi connectivity index (χ1) is 13.2. The molecule has 0 spiro atoms. The van der Waals surface area contributed by atoms with Gasteiger partial charge in [0.05, 0.1) is 30.5 Å². The first-order valence-electron chi connectivity index (χ1n) is 8.71. The number of amides is 1. The number of carbonyl (C=O) groups is 1. The molecular weight excluding hydrogens is 338 g/mol. The van der Waals surface area contributed by atoms with E-state index in [1.54, 1.807) is 6.26 Å². The molecule has 1 N–H and O–H groups in total. The van der Waals surface area contributed by atoms with Crippen LogP contribution in [0.1, 0.15) is 12.7 Å². The molecule has 4 rings (SSSR count). The molecular formula is C22H19N3O2. The minimum Gasteiger partial charge on any atom is -0.467 e. The van der Waals surface area contributed by atoms with Crippen molar-refractivity contribution in [2.75, 3.05) is 5.32 Å². The highest BCUT2D eigenvalue weighted by Crippen LogP contribution is 2.32. The Morgan fingerprint density at radius 3 is 2.44 bits per heavy atom. The topological polar surface area (TPSA) is 60.1 Å². The van der Waals surface area contributed by atoms with Crippen molar-refractivity contribution in [3.63, 3.8) is 0 Å². The van der Waals surface area contributed by atoms with Crippen molar-refractivity contribution < 1.29 is 9.21 Å². The maximum atomic E-state index is 11.3. The molecule has 0 aliphatic carbocycles. The number of imidazole rings is 1. The molecule has 2 aromatic heterocycles. The molecule has 0 aliphatic heterocycles. The van der Waals surface area contributed by atoms with Crippen LogP contribution < -0.4 is 5.32 Å². The number of benzene rings is 2. The van der Waals surface area contributed by atoms with Crippen LogP contribution in [0.2, 0.25) is 0 Å². The lowest BCUT2D eigenvalue weighted by Gasteiger charge is -2.11. The zero-order valence-corrected chi connectivity index (χ0v) is 14.9. The monoisotopic (exact) mass is 357 g/mol. The molecule has 0 saturated heterocycles. The molecule has 134 valence electrons. The van der Waals surface area contributed by atoms with Crippen LogP contribution in [0.15, 0.2) is 83.7 Å². The summed E-state index contributed by atoms with van der Waals surface area (Å²) in [6.07, 6.45) is 3.51. The van der Waals surface area contributed by atoms with Crippen molar-refractivity contribution in [2.24, 2.45) is 0 Å². The van der Waals surface area contributed by atoms with Crippen LogP contribution >= 0.6 is 0 Å². The zero-order valence-electron chi connectivity index (χ0n) is 14.9. The van der Waals surface area contributed by atoms with Gasteiger partial charge in [-0.25, -0.2) is 4.98 Å². The maximum absolute atomic E-state index is 11.3. The van der Waals surface area contributed by atoms with Crippen molar-refractivity contribution >= 4 is 11.6 Å². The molecule has 0 fully saturated rings. The normalized spacial score (nSPS) is 10.7. The number of carbonyl (C=O) groups excluding carboxylic acids is 1. The van der Waals surface area contributed by atoms with Gasteiger partial charge in [-0.05, 0) is 24.3 Å². The summed E-state index contributed by atoms with van der Waals surface area (Å²) in [6, 6.07) is 21.7. The summed E-state index contributed by atoms with van der Waals surface area (Å²) < 4.78 is 7.59. The second-order valence-electron chi connectivity index (χ2n) is 6.27. The van der Waals surface area contributed by atoms with Gasteiger partial charge >= 0.3 is 0 Å². The van der Waals surface area contributed by atoms with Gasteiger partial charge < -0.3 is 14.3 Å². The van der Waals surface area contributed by atoms with Crippen molar-refractivity contribution in [3.05, 3.63) is 85.1 Å². The molecule has 1 amide bonds. The summed E-state index contributed by atoms with van der Waals surface area (Å²) in [6.45, 7) is 2.09. The second kappa shape index (κ2) is 7.33. The van der Waals surface area contributed by atoms with E-state index in [9.17, 15) is 4.79 Å². The van der Waals surface area contributed by atoms with E-state index in [-0.39, 0.29) is 5.91 Å². The Balaban J connectivity index is 1.78. The molecule has 0 atom stereocenters. The highest BCUT2D eigenvalue weighted by molar-refractivity contribution is 5.89. The smallest absolute Gasteiger partial charge is 0.221 e. The number of aromatic nitrogens is 2. The largest absolute Gasteiger partial charge is 0.467 e. The van der Waals surface area contributed by atoms with Gasteiger partial charge in [0.2, 0.25) is 5.91 Å². The number of nitrogens with one attached hydrogen (secondary N) is 1. The number of furan rings is 1. The number of hydrogen-bond acceptors (Lipinski definition) is 3. The van der Waals surface area contributed by atoms with Gasteiger partial charge in [-0.3, -0.25) is 4.79 Å². The Bertz CT molecular complexity index is 1030. The van der Waals surface area contributed by atoms with E-state index < -0.39 is 0 Å². The van der Waals surface area contributed by atoms with E-state index in [4.69, 9.17) is 4.42 Å². The summed E-state index contributed by atoms with van der Waals surface area (Å²) in [4.78, 5) is 15.9. The van der Waals surface area contributed by atoms with Crippen molar-refractivity contribution in [2.45, 2.75) is 13.5 Å². The quantitative estimate of drug-likeness (QED) is 0.557. The molecule has 0 bridgehead atoms. The standard InChI is InChI=1S/C22H19N3O2/c1-16(26)24-19-11-9-18(10-12-19)22-21(17-6-3-2-4-7-17)23-15-25(22)14-20-8-5-13-27-20/h2-13,15H,14H2,1H3,(H,24,26). The summed E-state index contributed by atoms with van der Waals surface area (Å²) in [7, 11) is 0. The predicted octanol–water partition coefficient (Wildman–Crippen LogP) is 4.82. The van der Waals surface area contributed by atoms with Gasteiger partial charge in [-0.15, -0.1) is 0 Å². The van der Waals surface area contributed by atoms with Crippen molar-refractivity contribution in [1.29, 1.82) is 0 Å². The second-order valence-corrected chi connectivity index (χ2v) is 6.27. The first-order valence-corrected chi connectivity index (χ1v) is 8.71. The van der Waals surface area contributed by atoms with Gasteiger partial charge in [0.15, 0.2) is 0 Å². The number of hydrogen-bond donors (Lipinski definition) is 1. The average molecular weight is 357 g/mol. The highest BCUT2D eigenvalue weighted by Gasteiger charge is 2.16. The van der Waals surface area contributed by atoms with E-state index in [2.05, 4.69) is 27.0 Å². The lowest BCUT2D eigenvalue weighted by Crippen LogP contribution is -2.05. The van der Waals surface area contributed by atoms with Gasteiger partial charge in [0.1, 0.15) is 5.76 Å². The van der Waals surface area contributed by atoms with Crippen LogP contribution in [0.5, 0.6) is 0 Å². The Labute approximate surface area is 157 Å². The van der Waals surface area contributed by atoms with Crippen LogP contribution in [-0.2, 0) is 11.3 Å².